The van der Waals surface area contributed by atoms with E-state index < -0.39 is 12.7 Å². The van der Waals surface area contributed by atoms with Crippen LogP contribution in [0.1, 0.15) is 0 Å². The molecule has 74 valence electrons. The summed E-state index contributed by atoms with van der Waals surface area (Å²) in [5.41, 5.74) is 0. The van der Waals surface area contributed by atoms with Gasteiger partial charge in [0, 0.05) is 0 Å². The van der Waals surface area contributed by atoms with Crippen molar-refractivity contribution in [2.24, 2.45) is 0 Å². The molecule has 1 nitrogen and oxygen atoms in total. The molecule has 0 aromatic carbocycles. The lowest BCUT2D eigenvalue weighted by molar-refractivity contribution is -0.911. The second-order valence-electron chi connectivity index (χ2n) is 3.81. The summed E-state index contributed by atoms with van der Waals surface area (Å²) in [5, 5.41) is 0. The maximum atomic E-state index is 12.1. The van der Waals surface area contributed by atoms with E-state index in [9.17, 15) is 13.2 Å². The second-order valence-corrected chi connectivity index (χ2v) is 3.81. The van der Waals surface area contributed by atoms with Crippen molar-refractivity contribution in [1.29, 1.82) is 0 Å². The molecular formula is C9H13F3N+. The van der Waals surface area contributed by atoms with Crippen LogP contribution in [0, 0.1) is 0 Å². The van der Waals surface area contributed by atoms with Crippen LogP contribution in [0.25, 0.3) is 0 Å². The highest BCUT2D eigenvalue weighted by atomic mass is 19.4. The summed E-state index contributed by atoms with van der Waals surface area (Å²) < 4.78 is 36.3. The van der Waals surface area contributed by atoms with E-state index >= 15 is 0 Å². The number of nitrogens with zero attached hydrogens (tertiary/aromatic N) is 1. The van der Waals surface area contributed by atoms with Crippen molar-refractivity contribution in [1.82, 2.24) is 0 Å². The Balaban J connectivity index is 2.65. The molecule has 0 aromatic rings. The lowest BCUT2D eigenvalue weighted by atomic mass is 10.2. The molecule has 0 radical (unpaired) electrons. The van der Waals surface area contributed by atoms with Gasteiger partial charge in [0.1, 0.15) is 6.04 Å². The van der Waals surface area contributed by atoms with Crippen molar-refractivity contribution >= 4 is 0 Å². The predicted octanol–water partition coefficient (Wildman–Crippen LogP) is 2.12. The fraction of sp³-hybridized carbons (Fsp3) is 0.556. The van der Waals surface area contributed by atoms with E-state index in [1.54, 1.807) is 38.4 Å². The van der Waals surface area contributed by atoms with Gasteiger partial charge in [-0.15, -0.1) is 0 Å². The minimum Gasteiger partial charge on any atom is -0.312 e. The molecule has 0 bridgehead atoms. The van der Waals surface area contributed by atoms with Gasteiger partial charge in [-0.25, -0.2) is 0 Å². The minimum absolute atomic E-state index is 0.0729. The molecule has 0 saturated heterocycles. The smallest absolute Gasteiger partial charge is 0.312 e. The molecule has 0 heterocycles. The fourth-order valence-corrected chi connectivity index (χ4v) is 1.45. The van der Waals surface area contributed by atoms with Crippen molar-refractivity contribution in [3.05, 3.63) is 24.3 Å². The van der Waals surface area contributed by atoms with Crippen LogP contribution in [0.3, 0.4) is 0 Å². The average molecular weight is 192 g/mol. The van der Waals surface area contributed by atoms with Crippen molar-refractivity contribution in [2.45, 2.75) is 12.2 Å². The van der Waals surface area contributed by atoms with E-state index in [1.807, 2.05) is 0 Å². The maximum Gasteiger partial charge on any atom is 0.438 e. The van der Waals surface area contributed by atoms with Gasteiger partial charge in [-0.05, 0) is 12.2 Å². The van der Waals surface area contributed by atoms with Crippen molar-refractivity contribution < 1.29 is 17.7 Å². The lowest BCUT2D eigenvalue weighted by Gasteiger charge is -2.34. The molecule has 0 fully saturated rings. The quantitative estimate of drug-likeness (QED) is 0.588. The third kappa shape index (κ3) is 2.88. The lowest BCUT2D eigenvalue weighted by Crippen LogP contribution is -2.51. The zero-order valence-electron chi connectivity index (χ0n) is 7.67. The van der Waals surface area contributed by atoms with Gasteiger partial charge in [0.25, 0.3) is 0 Å². The largest absolute Gasteiger partial charge is 0.438 e. The summed E-state index contributed by atoms with van der Waals surface area (Å²) in [6, 6.07) is -0.151. The number of hydrogen-bond acceptors (Lipinski definition) is 0. The average Bonchev–Trinajstić information content (AvgIpc) is 2.29. The Bertz CT molecular complexity index is 226. The highest BCUT2D eigenvalue weighted by Gasteiger charge is 2.40. The minimum atomic E-state index is -4.10. The van der Waals surface area contributed by atoms with Crippen molar-refractivity contribution in [3.8, 4) is 0 Å². The fourth-order valence-electron chi connectivity index (χ4n) is 1.45. The molecular weight excluding hydrogens is 179 g/mol. The molecule has 1 aliphatic carbocycles. The highest BCUT2D eigenvalue weighted by Crippen LogP contribution is 2.23. The van der Waals surface area contributed by atoms with Crippen molar-refractivity contribution in [2.75, 3.05) is 20.6 Å². The Morgan fingerprint density at radius 3 is 2.00 bits per heavy atom. The summed E-state index contributed by atoms with van der Waals surface area (Å²) >= 11 is 0. The van der Waals surface area contributed by atoms with Gasteiger partial charge in [0.2, 0.25) is 0 Å². The Labute approximate surface area is 75.7 Å². The molecule has 0 saturated carbocycles. The van der Waals surface area contributed by atoms with Gasteiger partial charge < -0.3 is 4.48 Å². The number of alkyl halides is 3. The van der Waals surface area contributed by atoms with Gasteiger partial charge in [0.05, 0.1) is 14.1 Å². The molecule has 0 unspecified atom stereocenters. The van der Waals surface area contributed by atoms with Crippen LogP contribution in [0.4, 0.5) is 13.2 Å². The van der Waals surface area contributed by atoms with Gasteiger partial charge in [-0.1, -0.05) is 12.2 Å². The zero-order chi connectivity index (χ0) is 10.1. The van der Waals surface area contributed by atoms with Crippen LogP contribution in [0.2, 0.25) is 0 Å². The van der Waals surface area contributed by atoms with E-state index in [1.165, 1.54) is 0 Å². The van der Waals surface area contributed by atoms with Gasteiger partial charge in [-0.2, -0.15) is 13.2 Å². The SMILES string of the molecule is C[N+](C)(CC(F)(F)F)C1C=CC=C1. The van der Waals surface area contributed by atoms with E-state index in [0.29, 0.717) is 0 Å². The molecule has 0 amide bonds. The second kappa shape index (κ2) is 3.18. The molecule has 0 aromatic heterocycles. The Morgan fingerprint density at radius 1 is 1.15 bits per heavy atom. The van der Waals surface area contributed by atoms with Gasteiger partial charge in [0.15, 0.2) is 6.54 Å². The van der Waals surface area contributed by atoms with Crippen LogP contribution >= 0.6 is 0 Å². The molecule has 1 aliphatic rings. The number of likely N-dealkylation sites (N-methyl/N-ethyl adjacent to an activating group) is 1. The third-order valence-corrected chi connectivity index (χ3v) is 2.12. The number of hydrogen-bond donors (Lipinski definition) is 0. The number of allylic oxidation sites excluding steroid dienone is 2. The van der Waals surface area contributed by atoms with Crippen LogP contribution in [0.15, 0.2) is 24.3 Å². The Morgan fingerprint density at radius 2 is 1.62 bits per heavy atom. The number of halogens is 3. The van der Waals surface area contributed by atoms with Gasteiger partial charge in [-0.3, -0.25) is 0 Å². The standard InChI is InChI=1S/C9H13F3N/c1-13(2,7-9(10,11)12)8-5-3-4-6-8/h3-6,8H,7H2,1-2H3/q+1. The summed E-state index contributed by atoms with van der Waals surface area (Å²) in [7, 11) is 3.16. The number of quaternary nitrogens is 1. The van der Waals surface area contributed by atoms with E-state index in [4.69, 9.17) is 0 Å². The normalized spacial score (nSPS) is 18.5. The predicted molar refractivity (Wildman–Crippen MR) is 45.1 cm³/mol. The summed E-state index contributed by atoms with van der Waals surface area (Å²) in [6.45, 7) is -0.799. The van der Waals surface area contributed by atoms with E-state index in [2.05, 4.69) is 0 Å². The molecule has 0 N–H and O–H groups in total. The molecule has 0 aliphatic heterocycles. The van der Waals surface area contributed by atoms with Crippen LogP contribution in [-0.4, -0.2) is 37.3 Å². The molecule has 0 spiro atoms. The maximum absolute atomic E-state index is 12.1. The van der Waals surface area contributed by atoms with Crippen LogP contribution < -0.4 is 0 Å². The monoisotopic (exact) mass is 192 g/mol. The zero-order valence-corrected chi connectivity index (χ0v) is 7.67. The van der Waals surface area contributed by atoms with Crippen molar-refractivity contribution in [3.63, 3.8) is 0 Å². The highest BCUT2D eigenvalue weighted by molar-refractivity contribution is 5.19. The molecule has 1 rings (SSSR count). The first-order valence-electron chi connectivity index (χ1n) is 4.06. The van der Waals surface area contributed by atoms with Crippen LogP contribution in [0.5, 0.6) is 0 Å². The first kappa shape index (κ1) is 10.3. The summed E-state index contributed by atoms with van der Waals surface area (Å²) in [6.07, 6.45) is 3.02. The molecule has 4 heteroatoms. The first-order chi connectivity index (χ1) is 5.81. The first-order valence-corrected chi connectivity index (χ1v) is 4.06. The molecule has 0 atom stereocenters. The third-order valence-electron chi connectivity index (χ3n) is 2.12. The number of rotatable bonds is 2. The van der Waals surface area contributed by atoms with Gasteiger partial charge >= 0.3 is 6.18 Å². The topological polar surface area (TPSA) is 0 Å². The van der Waals surface area contributed by atoms with E-state index in [-0.39, 0.29) is 10.5 Å². The summed E-state index contributed by atoms with van der Waals surface area (Å²) in [4.78, 5) is 0. The molecule has 13 heavy (non-hydrogen) atoms. The van der Waals surface area contributed by atoms with Crippen LogP contribution in [-0.2, 0) is 0 Å². The Hall–Kier alpha value is -0.770. The Kier molecular flexibility index (Phi) is 2.52. The van der Waals surface area contributed by atoms with E-state index in [0.717, 1.165) is 0 Å². The summed E-state index contributed by atoms with van der Waals surface area (Å²) in [5.74, 6) is 0.